The first-order valence-electron chi connectivity index (χ1n) is 7.17. The highest BCUT2D eigenvalue weighted by atomic mass is 35.5. The quantitative estimate of drug-likeness (QED) is 0.683. The minimum Gasteiger partial charge on any atom is -0.437 e. The summed E-state index contributed by atoms with van der Waals surface area (Å²) in [6, 6.07) is 9.55. The average Bonchev–Trinajstić information content (AvgIpc) is 2.60. The number of para-hydroxylation sites is 1. The third kappa shape index (κ3) is 3.94. The van der Waals surface area contributed by atoms with E-state index < -0.39 is 11.7 Å². The van der Waals surface area contributed by atoms with Crippen molar-refractivity contribution >= 4 is 28.9 Å². The van der Waals surface area contributed by atoms with Gasteiger partial charge in [0.15, 0.2) is 5.82 Å². The van der Waals surface area contributed by atoms with Crippen LogP contribution in [-0.2, 0) is 6.18 Å². The van der Waals surface area contributed by atoms with Crippen LogP contribution >= 0.6 is 11.6 Å². The number of nitrogen functional groups attached to an aromatic ring is 1. The van der Waals surface area contributed by atoms with Gasteiger partial charge in [0, 0.05) is 6.20 Å². The molecule has 0 fully saturated rings. The van der Waals surface area contributed by atoms with Gasteiger partial charge >= 0.3 is 6.18 Å². The van der Waals surface area contributed by atoms with Gasteiger partial charge in [-0.15, -0.1) is 0 Å². The molecule has 0 radical (unpaired) electrons. The number of halogens is 4. The SMILES string of the molecule is Nc1c(Nc2ncc(C(F)(F)F)cc2Cl)ncnc1Oc1ccccc1. The molecule has 134 valence electrons. The fourth-order valence-electron chi connectivity index (χ4n) is 1.96. The Morgan fingerprint density at radius 2 is 1.77 bits per heavy atom. The van der Waals surface area contributed by atoms with Crippen LogP contribution in [0.2, 0.25) is 5.02 Å². The molecule has 0 bridgehead atoms. The molecule has 6 nitrogen and oxygen atoms in total. The fraction of sp³-hybridized carbons (Fsp3) is 0.0625. The number of alkyl halides is 3. The van der Waals surface area contributed by atoms with Crippen LogP contribution in [0.1, 0.15) is 5.56 Å². The van der Waals surface area contributed by atoms with Crippen molar-refractivity contribution in [1.82, 2.24) is 15.0 Å². The minimum atomic E-state index is -4.54. The number of hydrogen-bond acceptors (Lipinski definition) is 6. The average molecular weight is 382 g/mol. The zero-order valence-corrected chi connectivity index (χ0v) is 13.7. The van der Waals surface area contributed by atoms with E-state index in [0.29, 0.717) is 11.9 Å². The lowest BCUT2D eigenvalue weighted by Gasteiger charge is -2.13. The maximum absolute atomic E-state index is 12.7. The Balaban J connectivity index is 1.86. The van der Waals surface area contributed by atoms with E-state index in [2.05, 4.69) is 20.3 Å². The fourth-order valence-corrected chi connectivity index (χ4v) is 2.17. The third-order valence-electron chi connectivity index (χ3n) is 3.21. The van der Waals surface area contributed by atoms with Gasteiger partial charge in [0.25, 0.3) is 0 Å². The van der Waals surface area contributed by atoms with Crippen molar-refractivity contribution in [1.29, 1.82) is 0 Å². The smallest absolute Gasteiger partial charge is 0.417 e. The van der Waals surface area contributed by atoms with Gasteiger partial charge in [-0.25, -0.2) is 9.97 Å². The van der Waals surface area contributed by atoms with Crippen molar-refractivity contribution in [3.8, 4) is 11.6 Å². The van der Waals surface area contributed by atoms with Crippen LogP contribution in [0.25, 0.3) is 0 Å². The topological polar surface area (TPSA) is 86.0 Å². The lowest BCUT2D eigenvalue weighted by molar-refractivity contribution is -0.137. The van der Waals surface area contributed by atoms with E-state index in [4.69, 9.17) is 22.1 Å². The summed E-state index contributed by atoms with van der Waals surface area (Å²) in [5.74, 6) is 0.655. The highest BCUT2D eigenvalue weighted by molar-refractivity contribution is 6.33. The van der Waals surface area contributed by atoms with Crippen molar-refractivity contribution in [3.63, 3.8) is 0 Å². The molecule has 26 heavy (non-hydrogen) atoms. The summed E-state index contributed by atoms with van der Waals surface area (Å²) in [5.41, 5.74) is 5.05. The van der Waals surface area contributed by atoms with Crippen LogP contribution in [0.3, 0.4) is 0 Å². The van der Waals surface area contributed by atoms with Gasteiger partial charge in [0.05, 0.1) is 10.6 Å². The van der Waals surface area contributed by atoms with E-state index in [1.54, 1.807) is 24.3 Å². The van der Waals surface area contributed by atoms with Crippen LogP contribution in [0, 0.1) is 0 Å². The molecule has 1 aromatic carbocycles. The van der Waals surface area contributed by atoms with Gasteiger partial charge in [-0.05, 0) is 18.2 Å². The summed E-state index contributed by atoms with van der Waals surface area (Å²) in [6.45, 7) is 0. The number of aromatic nitrogens is 3. The molecule has 3 rings (SSSR count). The zero-order valence-electron chi connectivity index (χ0n) is 13.0. The first-order valence-corrected chi connectivity index (χ1v) is 7.55. The van der Waals surface area contributed by atoms with Crippen LogP contribution in [0.4, 0.5) is 30.5 Å². The number of pyridine rings is 1. The van der Waals surface area contributed by atoms with Crippen LogP contribution in [-0.4, -0.2) is 15.0 Å². The lowest BCUT2D eigenvalue weighted by Crippen LogP contribution is -2.08. The normalized spacial score (nSPS) is 11.2. The predicted molar refractivity (Wildman–Crippen MR) is 90.5 cm³/mol. The second-order valence-corrected chi connectivity index (χ2v) is 5.44. The molecule has 0 amide bonds. The molecule has 0 saturated heterocycles. The van der Waals surface area contributed by atoms with Gasteiger partial charge in [-0.3, -0.25) is 0 Å². The molecule has 0 saturated carbocycles. The maximum Gasteiger partial charge on any atom is 0.417 e. The van der Waals surface area contributed by atoms with Crippen LogP contribution < -0.4 is 15.8 Å². The monoisotopic (exact) mass is 381 g/mol. The summed E-state index contributed by atoms with van der Waals surface area (Å²) in [5, 5.41) is 2.45. The number of nitrogens with zero attached hydrogens (tertiary/aromatic N) is 3. The van der Waals surface area contributed by atoms with Crippen LogP contribution in [0.15, 0.2) is 48.9 Å². The van der Waals surface area contributed by atoms with E-state index in [-0.39, 0.29) is 28.2 Å². The van der Waals surface area contributed by atoms with Gasteiger partial charge in [-0.2, -0.15) is 18.2 Å². The highest BCUT2D eigenvalue weighted by Crippen LogP contribution is 2.35. The van der Waals surface area contributed by atoms with Crippen molar-refractivity contribution in [2.24, 2.45) is 0 Å². The summed E-state index contributed by atoms with van der Waals surface area (Å²) < 4.78 is 43.6. The molecule has 0 spiro atoms. The largest absolute Gasteiger partial charge is 0.437 e. The van der Waals surface area contributed by atoms with Gasteiger partial charge in [-0.1, -0.05) is 29.8 Å². The second kappa shape index (κ2) is 7.04. The molecule has 0 aliphatic heterocycles. The maximum atomic E-state index is 12.7. The molecule has 0 unspecified atom stereocenters. The number of anilines is 3. The predicted octanol–water partition coefficient (Wildman–Crippen LogP) is 4.66. The van der Waals surface area contributed by atoms with E-state index in [0.717, 1.165) is 6.07 Å². The van der Waals surface area contributed by atoms with Crippen LogP contribution in [0.5, 0.6) is 11.6 Å². The third-order valence-corrected chi connectivity index (χ3v) is 3.50. The Labute approximate surface area is 150 Å². The molecule has 2 aromatic heterocycles. The molecule has 0 aliphatic rings. The first kappa shape index (κ1) is 17.7. The molecule has 3 N–H and O–H groups in total. The molecular formula is C16H11ClF3N5O. The van der Waals surface area contributed by atoms with Crippen molar-refractivity contribution in [2.45, 2.75) is 6.18 Å². The first-order chi connectivity index (χ1) is 12.3. The number of ether oxygens (including phenoxy) is 1. The number of hydrogen-bond donors (Lipinski definition) is 2. The Morgan fingerprint density at radius 1 is 1.04 bits per heavy atom. The van der Waals surface area contributed by atoms with E-state index >= 15 is 0 Å². The molecule has 3 aromatic rings. The van der Waals surface area contributed by atoms with Crippen molar-refractivity contribution < 1.29 is 17.9 Å². The number of rotatable bonds is 4. The van der Waals surface area contributed by atoms with Gasteiger partial charge < -0.3 is 15.8 Å². The van der Waals surface area contributed by atoms with Crippen molar-refractivity contribution in [2.75, 3.05) is 11.1 Å². The number of nitrogens with one attached hydrogen (secondary N) is 1. The minimum absolute atomic E-state index is 0.0317. The molecular weight excluding hydrogens is 371 g/mol. The second-order valence-electron chi connectivity index (χ2n) is 5.03. The molecule has 10 heteroatoms. The lowest BCUT2D eigenvalue weighted by atomic mass is 10.3. The Morgan fingerprint density at radius 3 is 2.42 bits per heavy atom. The van der Waals surface area contributed by atoms with Gasteiger partial charge in [0.1, 0.15) is 23.6 Å². The Kier molecular flexibility index (Phi) is 4.81. The summed E-state index contributed by atoms with van der Waals surface area (Å²) in [4.78, 5) is 11.6. The van der Waals surface area contributed by atoms with Crippen molar-refractivity contribution in [3.05, 3.63) is 59.5 Å². The summed E-state index contributed by atoms with van der Waals surface area (Å²) in [6.07, 6.45) is -2.69. The number of benzene rings is 1. The summed E-state index contributed by atoms with van der Waals surface area (Å²) >= 11 is 5.87. The standard InChI is InChI=1S/C16H11ClF3N5O/c17-11-6-9(16(18,19)20)7-22-13(11)25-14-12(21)15(24-8-23-14)26-10-4-2-1-3-5-10/h1-8H,21H2,(H,22,23,24,25). The Hall–Kier alpha value is -3.07. The molecule has 2 heterocycles. The van der Waals surface area contributed by atoms with E-state index in [1.807, 2.05) is 6.07 Å². The Bertz CT molecular complexity index is 922. The number of nitrogens with two attached hydrogens (primary N) is 1. The van der Waals surface area contributed by atoms with Gasteiger partial charge in [0.2, 0.25) is 5.88 Å². The van der Waals surface area contributed by atoms with E-state index in [9.17, 15) is 13.2 Å². The molecule has 0 atom stereocenters. The summed E-state index contributed by atoms with van der Waals surface area (Å²) in [7, 11) is 0. The molecule has 0 aliphatic carbocycles. The zero-order chi connectivity index (χ0) is 18.7. The highest BCUT2D eigenvalue weighted by Gasteiger charge is 2.31. The van der Waals surface area contributed by atoms with E-state index in [1.165, 1.54) is 6.33 Å².